The fourth-order valence-corrected chi connectivity index (χ4v) is 4.72. The Bertz CT molecular complexity index is 371. The average molecular weight is 332 g/mol. The topological polar surface area (TPSA) is 46.2 Å². The van der Waals surface area contributed by atoms with E-state index in [4.69, 9.17) is 22.9 Å². The van der Waals surface area contributed by atoms with Gasteiger partial charge in [-0.1, -0.05) is 0 Å². The zero-order valence-corrected chi connectivity index (χ0v) is 16.5. The van der Waals surface area contributed by atoms with Crippen molar-refractivity contribution in [2.75, 3.05) is 0 Å². The average Bonchev–Trinajstić information content (AvgIpc) is 2.63. The maximum atomic E-state index is 6.35. The highest BCUT2D eigenvalue weighted by molar-refractivity contribution is 6.70. The first kappa shape index (κ1) is 17.6. The van der Waals surface area contributed by atoms with Gasteiger partial charge in [-0.05, 0) is 53.0 Å². The summed E-state index contributed by atoms with van der Waals surface area (Å²) in [5.74, 6) is 0. The van der Waals surface area contributed by atoms with E-state index in [1.165, 1.54) is 0 Å². The Morgan fingerprint density at radius 2 is 1.38 bits per heavy atom. The van der Waals surface area contributed by atoms with E-state index in [2.05, 4.69) is 39.3 Å². The molecule has 21 heavy (non-hydrogen) atoms. The molecule has 2 aliphatic heterocycles. The molecule has 0 saturated carbocycles. The van der Waals surface area contributed by atoms with Gasteiger partial charge in [-0.2, -0.15) is 0 Å². The van der Waals surface area contributed by atoms with E-state index < -0.39 is 16.6 Å². The molecule has 0 amide bonds. The van der Waals surface area contributed by atoms with E-state index in [-0.39, 0.29) is 37.8 Å². The highest BCUT2D eigenvalue weighted by Gasteiger charge is 2.53. The number of ether oxygens (including phenoxy) is 1. The molecule has 5 unspecified atom stereocenters. The van der Waals surface area contributed by atoms with Crippen molar-refractivity contribution < 1.29 is 22.9 Å². The maximum absolute atomic E-state index is 6.35. The van der Waals surface area contributed by atoms with Crippen molar-refractivity contribution >= 4 is 23.8 Å². The summed E-state index contributed by atoms with van der Waals surface area (Å²) in [5.41, 5.74) is 0. The molecule has 2 fully saturated rings. The largest absolute Gasteiger partial charge is 0.454 e. The Balaban J connectivity index is 2.21. The van der Waals surface area contributed by atoms with Crippen LogP contribution in [0, 0.1) is 0 Å². The van der Waals surface area contributed by atoms with Gasteiger partial charge in [-0.15, -0.1) is 0 Å². The second kappa shape index (κ2) is 6.07. The molecule has 8 heteroatoms. The zero-order chi connectivity index (χ0) is 16.0. The van der Waals surface area contributed by atoms with E-state index in [1.807, 2.05) is 13.7 Å². The SMILES string of the molecule is CB1OC2C(C)OC(O[Si](C)(C)C)C(O[Si](C)(C)C)C2O1. The predicted molar refractivity (Wildman–Crippen MR) is 88.3 cm³/mol. The van der Waals surface area contributed by atoms with E-state index in [0.29, 0.717) is 0 Å². The molecule has 2 aliphatic rings. The highest BCUT2D eigenvalue weighted by Crippen LogP contribution is 2.35. The summed E-state index contributed by atoms with van der Waals surface area (Å²) in [6.45, 7) is 16.9. The normalized spacial score (nSPS) is 37.7. The summed E-state index contributed by atoms with van der Waals surface area (Å²) in [6.07, 6.45) is -0.828. The van der Waals surface area contributed by atoms with Crippen LogP contribution in [-0.4, -0.2) is 54.5 Å². The Hall–Kier alpha value is 0.299. The molecule has 2 rings (SSSR count). The van der Waals surface area contributed by atoms with Crippen LogP contribution in [0.1, 0.15) is 6.92 Å². The van der Waals surface area contributed by atoms with Gasteiger partial charge >= 0.3 is 7.12 Å². The molecule has 0 bridgehead atoms. The van der Waals surface area contributed by atoms with Crippen molar-refractivity contribution in [1.29, 1.82) is 0 Å². The lowest BCUT2D eigenvalue weighted by atomic mass is 9.97. The van der Waals surface area contributed by atoms with Crippen LogP contribution in [0.3, 0.4) is 0 Å². The van der Waals surface area contributed by atoms with E-state index in [9.17, 15) is 0 Å². The molecule has 0 aromatic heterocycles. The molecule has 2 heterocycles. The van der Waals surface area contributed by atoms with Crippen LogP contribution in [0.15, 0.2) is 0 Å². The Morgan fingerprint density at radius 3 is 1.90 bits per heavy atom. The van der Waals surface area contributed by atoms with E-state index >= 15 is 0 Å². The van der Waals surface area contributed by atoms with Gasteiger partial charge in [0.15, 0.2) is 22.9 Å². The molecular formula is C13H29BO5Si2. The van der Waals surface area contributed by atoms with E-state index in [0.717, 1.165) is 0 Å². The van der Waals surface area contributed by atoms with Crippen LogP contribution in [0.2, 0.25) is 46.1 Å². The summed E-state index contributed by atoms with van der Waals surface area (Å²) in [7, 11) is -3.70. The summed E-state index contributed by atoms with van der Waals surface area (Å²) >= 11 is 0. The minimum atomic E-state index is -1.75. The standard InChI is InChI=1S/C13H29BO5Si2/c1-9-10-11(17-14(2)16-10)12(18-20(3,4)5)13(15-9)19-21(6,7)8/h9-13H,1-8H3. The monoisotopic (exact) mass is 332 g/mol. The van der Waals surface area contributed by atoms with Crippen LogP contribution < -0.4 is 0 Å². The lowest BCUT2D eigenvalue weighted by Crippen LogP contribution is -2.60. The molecule has 5 atom stereocenters. The van der Waals surface area contributed by atoms with Crippen LogP contribution in [0.25, 0.3) is 0 Å². The van der Waals surface area contributed by atoms with Gasteiger partial charge < -0.3 is 22.9 Å². The zero-order valence-electron chi connectivity index (χ0n) is 14.5. The van der Waals surface area contributed by atoms with Gasteiger partial charge in [-0.25, -0.2) is 0 Å². The van der Waals surface area contributed by atoms with Gasteiger partial charge in [0.25, 0.3) is 0 Å². The minimum Gasteiger partial charge on any atom is -0.407 e. The van der Waals surface area contributed by atoms with Gasteiger partial charge in [-0.3, -0.25) is 0 Å². The number of hydrogen-bond acceptors (Lipinski definition) is 5. The molecule has 122 valence electrons. The maximum Gasteiger partial charge on any atom is 0.454 e. The van der Waals surface area contributed by atoms with Crippen LogP contribution in [0.5, 0.6) is 0 Å². The van der Waals surface area contributed by atoms with Gasteiger partial charge in [0.1, 0.15) is 6.10 Å². The fourth-order valence-electron chi connectivity index (χ4n) is 2.77. The Morgan fingerprint density at radius 1 is 0.857 bits per heavy atom. The molecule has 0 aromatic rings. The molecule has 0 N–H and O–H groups in total. The van der Waals surface area contributed by atoms with Crippen LogP contribution in [0.4, 0.5) is 0 Å². The van der Waals surface area contributed by atoms with Crippen LogP contribution in [-0.2, 0) is 22.9 Å². The third kappa shape index (κ3) is 4.63. The van der Waals surface area contributed by atoms with Gasteiger partial charge in [0.05, 0.1) is 18.3 Å². The number of rotatable bonds is 4. The second-order valence-electron chi connectivity index (χ2n) is 7.90. The van der Waals surface area contributed by atoms with Gasteiger partial charge in [0.2, 0.25) is 0 Å². The molecule has 5 nitrogen and oxygen atoms in total. The molecule has 2 saturated heterocycles. The number of fused-ring (bicyclic) bond motifs is 1. The quantitative estimate of drug-likeness (QED) is 0.741. The first-order valence-electron chi connectivity index (χ1n) is 7.78. The number of hydrogen-bond donors (Lipinski definition) is 0. The lowest BCUT2D eigenvalue weighted by molar-refractivity contribution is -0.242. The molecule has 0 aromatic carbocycles. The van der Waals surface area contributed by atoms with Crippen LogP contribution >= 0.6 is 0 Å². The van der Waals surface area contributed by atoms with Crippen molar-refractivity contribution in [3.63, 3.8) is 0 Å². The smallest absolute Gasteiger partial charge is 0.407 e. The lowest BCUT2D eigenvalue weighted by Gasteiger charge is -2.45. The van der Waals surface area contributed by atoms with Gasteiger partial charge in [0, 0.05) is 0 Å². The van der Waals surface area contributed by atoms with E-state index in [1.54, 1.807) is 0 Å². The second-order valence-corrected chi connectivity index (χ2v) is 16.8. The minimum absolute atomic E-state index is 0.0530. The van der Waals surface area contributed by atoms with Crippen molar-refractivity contribution in [3.05, 3.63) is 0 Å². The van der Waals surface area contributed by atoms with Crippen molar-refractivity contribution in [3.8, 4) is 0 Å². The fraction of sp³-hybridized carbons (Fsp3) is 1.00. The third-order valence-electron chi connectivity index (χ3n) is 3.38. The molecule has 0 spiro atoms. The van der Waals surface area contributed by atoms with Crippen molar-refractivity contribution in [1.82, 2.24) is 0 Å². The highest BCUT2D eigenvalue weighted by atomic mass is 28.4. The summed E-state index contributed by atoms with van der Waals surface area (Å²) in [5, 5.41) is 0. The molecular weight excluding hydrogens is 303 g/mol. The Labute approximate surface area is 131 Å². The first-order valence-corrected chi connectivity index (χ1v) is 14.6. The summed E-state index contributed by atoms with van der Waals surface area (Å²) < 4.78 is 30.5. The predicted octanol–water partition coefficient (Wildman–Crippen LogP) is 2.70. The Kier molecular flexibility index (Phi) is 5.10. The van der Waals surface area contributed by atoms with Crippen molar-refractivity contribution in [2.24, 2.45) is 0 Å². The molecule has 0 aliphatic carbocycles. The summed E-state index contributed by atoms with van der Waals surface area (Å²) in [6, 6.07) is 0. The van der Waals surface area contributed by atoms with Crippen molar-refractivity contribution in [2.45, 2.75) is 83.7 Å². The summed E-state index contributed by atoms with van der Waals surface area (Å²) in [4.78, 5) is 0. The molecule has 0 radical (unpaired) electrons. The first-order chi connectivity index (χ1) is 9.46. The third-order valence-corrected chi connectivity index (χ3v) is 5.30.